The van der Waals surface area contributed by atoms with Crippen LogP contribution in [0.25, 0.3) is 0 Å². The van der Waals surface area contributed by atoms with E-state index in [0.717, 1.165) is 0 Å². The van der Waals surface area contributed by atoms with Gasteiger partial charge in [-0.2, -0.15) is 5.26 Å². The van der Waals surface area contributed by atoms with E-state index >= 15 is 0 Å². The molecule has 2 aromatic rings. The second-order valence-corrected chi connectivity index (χ2v) is 7.05. The molecule has 0 aliphatic rings. The first-order chi connectivity index (χ1) is 12.3. The third-order valence-electron chi connectivity index (χ3n) is 3.43. The van der Waals surface area contributed by atoms with Gasteiger partial charge in [0.05, 0.1) is 31.8 Å². The van der Waals surface area contributed by atoms with Gasteiger partial charge in [-0.3, -0.25) is 9.00 Å². The lowest BCUT2D eigenvalue weighted by Crippen LogP contribution is -2.30. The third-order valence-corrected chi connectivity index (χ3v) is 4.71. The molecular weight excluding hydrogens is 376 g/mol. The van der Waals surface area contributed by atoms with E-state index < -0.39 is 28.8 Å². The molecule has 26 heavy (non-hydrogen) atoms. The highest BCUT2D eigenvalue weighted by atomic mass is 35.5. The number of hydrogen-bond donors (Lipinski definition) is 1. The van der Waals surface area contributed by atoms with Crippen molar-refractivity contribution in [3.05, 3.63) is 58.6 Å². The first kappa shape index (κ1) is 19.6. The minimum Gasteiger partial charge on any atom is -0.449 e. The van der Waals surface area contributed by atoms with E-state index in [9.17, 15) is 13.8 Å². The quantitative estimate of drug-likeness (QED) is 0.791. The van der Waals surface area contributed by atoms with Crippen LogP contribution in [-0.4, -0.2) is 28.4 Å². The molecule has 0 radical (unpaired) electrons. The number of esters is 1. The normalized spacial score (nSPS) is 12.5. The Bertz CT molecular complexity index is 924. The molecule has 8 heteroatoms. The summed E-state index contributed by atoms with van der Waals surface area (Å²) in [5.41, 5.74) is 0.805. The van der Waals surface area contributed by atoms with Crippen LogP contribution in [0.3, 0.4) is 0 Å². The van der Waals surface area contributed by atoms with Crippen LogP contribution in [-0.2, 0) is 20.3 Å². The number of nitrogens with zero attached hydrogens (tertiary/aromatic N) is 1. The average Bonchev–Trinajstić information content (AvgIpc) is 2.61. The Kier molecular flexibility index (Phi) is 6.50. The SMILES string of the molecule is C[C@H](OC(=O)c1ccccc1[S@](C)=O)C(=O)Nc1ccc(C#N)c(Cl)c1. The van der Waals surface area contributed by atoms with Gasteiger partial charge in [0.25, 0.3) is 5.91 Å². The van der Waals surface area contributed by atoms with Gasteiger partial charge < -0.3 is 10.1 Å². The lowest BCUT2D eigenvalue weighted by molar-refractivity contribution is -0.123. The molecule has 0 aliphatic heterocycles. The van der Waals surface area contributed by atoms with Gasteiger partial charge in [-0.1, -0.05) is 23.7 Å². The topological polar surface area (TPSA) is 96.3 Å². The maximum Gasteiger partial charge on any atom is 0.340 e. The molecule has 0 spiro atoms. The molecular formula is C18H15ClN2O4S. The number of benzene rings is 2. The zero-order valence-electron chi connectivity index (χ0n) is 14.0. The lowest BCUT2D eigenvalue weighted by atomic mass is 10.2. The van der Waals surface area contributed by atoms with E-state index in [1.54, 1.807) is 18.2 Å². The van der Waals surface area contributed by atoms with Crippen LogP contribution in [0.1, 0.15) is 22.8 Å². The van der Waals surface area contributed by atoms with Crippen LogP contribution in [0.2, 0.25) is 5.02 Å². The highest BCUT2D eigenvalue weighted by molar-refractivity contribution is 7.84. The predicted molar refractivity (Wildman–Crippen MR) is 98.4 cm³/mol. The summed E-state index contributed by atoms with van der Waals surface area (Å²) >= 11 is 5.92. The Hall–Kier alpha value is -2.69. The summed E-state index contributed by atoms with van der Waals surface area (Å²) in [6.07, 6.45) is 0.368. The van der Waals surface area contributed by atoms with Crippen molar-refractivity contribution in [2.75, 3.05) is 11.6 Å². The van der Waals surface area contributed by atoms with Gasteiger partial charge in [-0.25, -0.2) is 4.79 Å². The Morgan fingerprint density at radius 3 is 2.58 bits per heavy atom. The van der Waals surface area contributed by atoms with E-state index in [4.69, 9.17) is 21.6 Å². The summed E-state index contributed by atoms with van der Waals surface area (Å²) in [5.74, 6) is -1.30. The summed E-state index contributed by atoms with van der Waals surface area (Å²) < 4.78 is 16.9. The highest BCUT2D eigenvalue weighted by Gasteiger charge is 2.22. The van der Waals surface area contributed by atoms with Gasteiger partial charge in [0, 0.05) is 11.9 Å². The number of rotatable bonds is 5. The average molecular weight is 391 g/mol. The summed E-state index contributed by atoms with van der Waals surface area (Å²) in [4.78, 5) is 24.8. The number of anilines is 1. The second kappa shape index (κ2) is 8.61. The smallest absolute Gasteiger partial charge is 0.340 e. The number of ether oxygens (including phenoxy) is 1. The van der Waals surface area contributed by atoms with E-state index in [1.165, 1.54) is 37.4 Å². The molecule has 0 saturated heterocycles. The van der Waals surface area contributed by atoms with E-state index in [2.05, 4.69) is 5.32 Å². The first-order valence-corrected chi connectivity index (χ1v) is 9.41. The molecule has 0 unspecified atom stereocenters. The molecule has 6 nitrogen and oxygen atoms in total. The molecule has 0 heterocycles. The van der Waals surface area contributed by atoms with Crippen molar-refractivity contribution in [1.29, 1.82) is 5.26 Å². The van der Waals surface area contributed by atoms with Crippen molar-refractivity contribution in [2.24, 2.45) is 0 Å². The largest absolute Gasteiger partial charge is 0.449 e. The molecule has 2 rings (SSSR count). The zero-order chi connectivity index (χ0) is 19.3. The molecule has 2 aromatic carbocycles. The van der Waals surface area contributed by atoms with E-state index in [0.29, 0.717) is 10.6 Å². The van der Waals surface area contributed by atoms with Gasteiger partial charge in [0.1, 0.15) is 6.07 Å². The predicted octanol–water partition coefficient (Wildman–Crippen LogP) is 3.13. The Morgan fingerprint density at radius 1 is 1.27 bits per heavy atom. The van der Waals surface area contributed by atoms with Gasteiger partial charge in [-0.05, 0) is 37.3 Å². The van der Waals surface area contributed by atoms with Gasteiger partial charge in [0.15, 0.2) is 6.10 Å². The number of nitriles is 1. The van der Waals surface area contributed by atoms with Crippen LogP contribution in [0.5, 0.6) is 0 Å². The minimum absolute atomic E-state index is 0.148. The number of halogens is 1. The van der Waals surface area contributed by atoms with Crippen molar-refractivity contribution >= 4 is 40.0 Å². The standard InChI is InChI=1S/C18H15ClN2O4S/c1-11(17(22)21-13-8-7-12(10-20)15(19)9-13)25-18(23)14-5-3-4-6-16(14)26(2)24/h3-9,11H,1-2H3,(H,21,22)/t11-,26-/m0/s1. The Labute approximate surface area is 158 Å². The third kappa shape index (κ3) is 4.69. The molecule has 0 bridgehead atoms. The van der Waals surface area contributed by atoms with Crippen molar-refractivity contribution < 1.29 is 18.5 Å². The van der Waals surface area contributed by atoms with Crippen molar-refractivity contribution in [2.45, 2.75) is 17.9 Å². The number of hydrogen-bond acceptors (Lipinski definition) is 5. The van der Waals surface area contributed by atoms with Crippen LogP contribution < -0.4 is 5.32 Å². The van der Waals surface area contributed by atoms with Crippen molar-refractivity contribution in [1.82, 2.24) is 0 Å². The second-order valence-electron chi connectivity index (χ2n) is 5.29. The maximum atomic E-state index is 12.3. The van der Waals surface area contributed by atoms with Gasteiger partial charge >= 0.3 is 5.97 Å². The summed E-state index contributed by atoms with van der Waals surface area (Å²) in [7, 11) is -1.37. The maximum absolute atomic E-state index is 12.3. The molecule has 134 valence electrons. The van der Waals surface area contributed by atoms with E-state index in [-0.39, 0.29) is 16.1 Å². The Morgan fingerprint density at radius 2 is 1.96 bits per heavy atom. The molecule has 1 N–H and O–H groups in total. The van der Waals surface area contributed by atoms with Crippen LogP contribution in [0.4, 0.5) is 5.69 Å². The molecule has 2 atom stereocenters. The monoisotopic (exact) mass is 390 g/mol. The Balaban J connectivity index is 2.08. The van der Waals surface area contributed by atoms with Crippen LogP contribution in [0, 0.1) is 11.3 Å². The van der Waals surface area contributed by atoms with Crippen LogP contribution >= 0.6 is 11.6 Å². The zero-order valence-corrected chi connectivity index (χ0v) is 15.6. The number of nitrogens with one attached hydrogen (secondary N) is 1. The van der Waals surface area contributed by atoms with Crippen molar-refractivity contribution in [3.8, 4) is 6.07 Å². The minimum atomic E-state index is -1.37. The molecule has 0 saturated carbocycles. The van der Waals surface area contributed by atoms with Gasteiger partial charge in [-0.15, -0.1) is 0 Å². The number of carbonyl (C=O) groups excluding carboxylic acids is 2. The molecule has 1 amide bonds. The molecule has 0 aliphatic carbocycles. The number of amides is 1. The summed E-state index contributed by atoms with van der Waals surface area (Å²) in [6, 6.07) is 12.7. The fraction of sp³-hybridized carbons (Fsp3) is 0.167. The van der Waals surface area contributed by atoms with Crippen LogP contribution in [0.15, 0.2) is 47.4 Å². The first-order valence-electron chi connectivity index (χ1n) is 7.47. The summed E-state index contributed by atoms with van der Waals surface area (Å²) in [6.45, 7) is 1.42. The fourth-order valence-corrected chi connectivity index (χ4v) is 3.05. The highest BCUT2D eigenvalue weighted by Crippen LogP contribution is 2.21. The molecule has 0 fully saturated rings. The summed E-state index contributed by atoms with van der Waals surface area (Å²) in [5, 5.41) is 11.6. The van der Waals surface area contributed by atoms with Crippen molar-refractivity contribution in [3.63, 3.8) is 0 Å². The fourth-order valence-electron chi connectivity index (χ4n) is 2.09. The van der Waals surface area contributed by atoms with Gasteiger partial charge in [0.2, 0.25) is 0 Å². The van der Waals surface area contributed by atoms with E-state index in [1.807, 2.05) is 6.07 Å². The number of carbonyl (C=O) groups is 2. The lowest BCUT2D eigenvalue weighted by Gasteiger charge is -2.15. The molecule has 0 aromatic heterocycles.